The maximum Gasteiger partial charge on any atom is 0.273 e. The van der Waals surface area contributed by atoms with E-state index in [0.717, 1.165) is 210 Å². The highest BCUT2D eigenvalue weighted by molar-refractivity contribution is 7.17. The number of likely N-dealkylation sites (tertiary alicyclic amines) is 1. The summed E-state index contributed by atoms with van der Waals surface area (Å²) < 4.78 is 18.2. The maximum atomic E-state index is 13.3. The van der Waals surface area contributed by atoms with Crippen molar-refractivity contribution in [1.82, 2.24) is 94.4 Å². The fourth-order valence-corrected chi connectivity index (χ4v) is 19.4. The third-order valence-electron chi connectivity index (χ3n) is 22.4. The largest absolute Gasteiger partial charge is 0.476 e. The number of hydrogen-bond acceptors (Lipinski definition) is 30. The third-order valence-corrected chi connectivity index (χ3v) is 26.6. The maximum absolute atomic E-state index is 13.3. The van der Waals surface area contributed by atoms with Gasteiger partial charge in [-0.2, -0.15) is 0 Å². The molecule has 4 saturated heterocycles. The van der Waals surface area contributed by atoms with Gasteiger partial charge in [-0.15, -0.1) is 45.3 Å². The fourth-order valence-electron chi connectivity index (χ4n) is 15.7. The second-order valence-electron chi connectivity index (χ2n) is 30.6. The molecule has 0 saturated carbocycles. The first kappa shape index (κ1) is 85.1. The van der Waals surface area contributed by atoms with Gasteiger partial charge in [-0.1, -0.05) is 102 Å². The Hall–Kier alpha value is -10.1. The van der Waals surface area contributed by atoms with Gasteiger partial charge in [0.1, 0.15) is 73.7 Å². The number of hydrogen-bond donors (Lipinski definition) is 3. The number of nitrogens with zero attached hydrogens (tertiary/aromatic N) is 20. The summed E-state index contributed by atoms with van der Waals surface area (Å²) in [4.78, 5) is 95.2. The van der Waals surface area contributed by atoms with Gasteiger partial charge in [-0.05, 0) is 136 Å². The Labute approximate surface area is 746 Å². The van der Waals surface area contributed by atoms with E-state index in [9.17, 15) is 4.79 Å². The van der Waals surface area contributed by atoms with Crippen LogP contribution in [-0.2, 0) is 22.3 Å². The highest BCUT2D eigenvalue weighted by Gasteiger charge is 2.29. The van der Waals surface area contributed by atoms with Crippen molar-refractivity contribution in [2.75, 3.05) is 139 Å². The number of rotatable bonds is 21. The number of likely N-dealkylation sites (N-methyl/N-ethyl adjacent to an activating group) is 1. The van der Waals surface area contributed by atoms with Gasteiger partial charge in [0.25, 0.3) is 5.91 Å². The number of ether oxygens (including phenoxy) is 3. The zero-order chi connectivity index (χ0) is 84.5. The highest BCUT2D eigenvalue weighted by Crippen LogP contribution is 2.40. The van der Waals surface area contributed by atoms with Crippen molar-refractivity contribution in [1.29, 1.82) is 0 Å². The van der Waals surface area contributed by atoms with Gasteiger partial charge in [0, 0.05) is 106 Å². The minimum absolute atomic E-state index is 0.0561. The summed E-state index contributed by atoms with van der Waals surface area (Å²) in [6.45, 7) is 22.6. The quantitative estimate of drug-likeness (QED) is 0.0602. The van der Waals surface area contributed by atoms with E-state index in [0.29, 0.717) is 82.8 Å². The molecule has 0 radical (unpaired) electrons. The SMILES string of the molecule is C[C@H](Cc1nccc2scnc12)c1cc2cccc(Cl)c2c(CCN2CCOCC2)n1.C[C@H](Nc1ncnc2scnc12)c1cc2cccc(Cl)c2c(C(=O)N2CCOCC2)n1.C[C@H](Nc1ncnc2scnc12)c1cc2cccc(Cl)c2c(N2CCN(C)CC2)n1.C[C@H](Nc1ncnc2scnc12)c1cc2cccc(Cl)c2c(OCCN2CCCC2)n1. The van der Waals surface area contributed by atoms with Crippen LogP contribution in [0.25, 0.3) is 84.3 Å². The third kappa shape index (κ3) is 19.7. The summed E-state index contributed by atoms with van der Waals surface area (Å²) in [6.07, 6.45) is 10.7. The summed E-state index contributed by atoms with van der Waals surface area (Å²) >= 11 is 32.3. The summed E-state index contributed by atoms with van der Waals surface area (Å²) in [7, 11) is 2.15. The number of amides is 1. The number of aromatic nitrogens is 15. The van der Waals surface area contributed by atoms with Crippen molar-refractivity contribution < 1.29 is 19.0 Å². The number of nitrogens with one attached hydrogen (secondary N) is 3. The average Bonchev–Trinajstić information content (AvgIpc) is 1.72. The van der Waals surface area contributed by atoms with Crippen LogP contribution in [0.5, 0.6) is 5.88 Å². The van der Waals surface area contributed by atoms with E-state index in [4.69, 9.17) is 80.6 Å². The van der Waals surface area contributed by atoms with Gasteiger partial charge < -0.3 is 44.9 Å². The number of fused-ring (bicyclic) bond motifs is 8. The molecule has 4 aromatic carbocycles. The number of halogens is 4. The molecule has 1 amide bonds. The lowest BCUT2D eigenvalue weighted by molar-refractivity contribution is 0.0300. The average molecular weight is 1800 g/mol. The summed E-state index contributed by atoms with van der Waals surface area (Å²) in [5, 5.41) is 20.7. The van der Waals surface area contributed by atoms with Gasteiger partial charge >= 0.3 is 0 Å². The molecule has 4 aliphatic heterocycles. The molecule has 12 aromatic heterocycles. The van der Waals surface area contributed by atoms with E-state index in [1.165, 1.54) is 57.9 Å². The van der Waals surface area contributed by atoms with Crippen molar-refractivity contribution in [2.45, 2.75) is 77.4 Å². The predicted octanol–water partition coefficient (Wildman–Crippen LogP) is 18.2. The summed E-state index contributed by atoms with van der Waals surface area (Å²) in [5.74, 6) is 3.67. The molecule has 0 unspecified atom stereocenters. The molecule has 123 heavy (non-hydrogen) atoms. The van der Waals surface area contributed by atoms with E-state index in [1.54, 1.807) is 51.5 Å². The van der Waals surface area contributed by atoms with Crippen LogP contribution in [-0.4, -0.2) is 219 Å². The Balaban J connectivity index is 0.000000116. The van der Waals surface area contributed by atoms with Crippen LogP contribution < -0.4 is 25.6 Å². The molecule has 632 valence electrons. The minimum atomic E-state index is -0.223. The molecule has 16 aromatic rings. The number of pyridine rings is 5. The van der Waals surface area contributed by atoms with Crippen LogP contribution in [0.2, 0.25) is 20.1 Å². The molecule has 0 spiro atoms. The normalized spacial score (nSPS) is 15.8. The van der Waals surface area contributed by atoms with Crippen LogP contribution in [0.4, 0.5) is 23.3 Å². The smallest absolute Gasteiger partial charge is 0.273 e. The monoisotopic (exact) mass is 1800 g/mol. The van der Waals surface area contributed by atoms with Gasteiger partial charge in [0.05, 0.1) is 125 Å². The second-order valence-corrected chi connectivity index (χ2v) is 35.6. The van der Waals surface area contributed by atoms with E-state index >= 15 is 0 Å². The van der Waals surface area contributed by atoms with Crippen LogP contribution in [0.3, 0.4) is 0 Å². The number of morpholine rings is 2. The summed E-state index contributed by atoms with van der Waals surface area (Å²) in [6, 6.07) is 33.5. The molecule has 4 atom stereocenters. The van der Waals surface area contributed by atoms with Crippen molar-refractivity contribution in [2.24, 2.45) is 0 Å². The molecule has 35 heteroatoms. The molecular formula is C88H89Cl4N23O4S4. The number of thiazole rings is 4. The Morgan fingerprint density at radius 3 is 1.51 bits per heavy atom. The van der Waals surface area contributed by atoms with E-state index in [-0.39, 0.29) is 30.0 Å². The fraction of sp³-hybridized carbons (Fsp3) is 0.341. The molecule has 16 heterocycles. The van der Waals surface area contributed by atoms with Gasteiger partial charge in [-0.25, -0.2) is 64.8 Å². The Morgan fingerprint density at radius 1 is 0.463 bits per heavy atom. The Kier molecular flexibility index (Phi) is 27.3. The predicted molar refractivity (Wildman–Crippen MR) is 497 cm³/mol. The molecular weight excluding hydrogens is 1710 g/mol. The van der Waals surface area contributed by atoms with Gasteiger partial charge in [0.2, 0.25) is 5.88 Å². The number of carbonyl (C=O) groups is 1. The number of anilines is 4. The lowest BCUT2D eigenvalue weighted by Gasteiger charge is -2.34. The van der Waals surface area contributed by atoms with Crippen LogP contribution in [0.1, 0.15) is 109 Å². The van der Waals surface area contributed by atoms with Crippen molar-refractivity contribution in [3.8, 4) is 5.88 Å². The topological polar surface area (TPSA) is 290 Å². The van der Waals surface area contributed by atoms with E-state index < -0.39 is 0 Å². The number of carbonyl (C=O) groups excluding carboxylic acids is 1. The standard InChI is InChI=1S/C24H25ClN4OS.C22H23ClN6OS.C21H22ClN7S.C21H19ClN6O2S/c1-16(13-21-24-22(5-7-26-21)31-15-27-24)20-14-17-3-2-4-18(25)23(17)19(28-20)6-8-29-9-11-30-12-10-29;1-14(27-20-19-22(25-12-24-20)31-13-26-19)17-11-15-5-4-6-16(23)18(15)21(28-17)30-10-9-29-7-2-3-8-29;1-13(26-19-18-21(24-11-23-19)30-12-25-18)16-10-14-4-3-5-15(22)17(14)20(27-16)29-8-6-28(2)7-9-29;1-12(26-19-18-20(24-10-23-19)31-11-25-18)15-9-13-3-2-4-14(22)16(13)17(27-15)21(29)28-5-7-30-8-6-28/h2-5,7,14-16H,6,8-13H2,1H3;4-6,11-14H,2-3,7-10H2,1H3,(H,24,25,27);3-5,10-13H,6-9H2,1-2H3,(H,23,24,26);2-4,9-12H,5-8H2,1H3,(H,23,24,26)/t16-;14-;13-;12-/m1000/s1. The molecule has 27 nitrogen and oxygen atoms in total. The van der Waals surface area contributed by atoms with Crippen molar-refractivity contribution >= 4 is 205 Å². The van der Waals surface area contributed by atoms with Crippen LogP contribution in [0, 0.1) is 0 Å². The van der Waals surface area contributed by atoms with Crippen molar-refractivity contribution in [3.05, 3.63) is 210 Å². The number of piperazine rings is 1. The first-order chi connectivity index (χ1) is 60.1. The first-order valence-corrected chi connectivity index (χ1v) is 46.0. The Bertz CT molecular complexity index is 6420. The van der Waals surface area contributed by atoms with Crippen LogP contribution >= 0.6 is 91.8 Å². The number of benzene rings is 4. The first-order valence-electron chi connectivity index (χ1n) is 41.0. The zero-order valence-electron chi connectivity index (χ0n) is 68.3. The highest BCUT2D eigenvalue weighted by atomic mass is 35.5. The molecule has 3 N–H and O–H groups in total. The Morgan fingerprint density at radius 2 is 0.935 bits per heavy atom. The van der Waals surface area contributed by atoms with Gasteiger partial charge in [0.15, 0.2) is 17.5 Å². The van der Waals surface area contributed by atoms with Gasteiger partial charge in [-0.3, -0.25) is 24.6 Å². The minimum Gasteiger partial charge on any atom is -0.476 e. The second kappa shape index (κ2) is 39.4. The van der Waals surface area contributed by atoms with Crippen LogP contribution in [0.15, 0.2) is 150 Å². The van der Waals surface area contributed by atoms with E-state index in [1.807, 2.05) is 98.4 Å². The lowest BCUT2D eigenvalue weighted by Crippen LogP contribution is -2.45. The van der Waals surface area contributed by atoms with Crippen molar-refractivity contribution in [3.63, 3.8) is 0 Å². The van der Waals surface area contributed by atoms with E-state index in [2.05, 4.69) is 136 Å². The zero-order valence-corrected chi connectivity index (χ0v) is 74.6. The molecule has 4 aliphatic rings. The molecule has 0 aliphatic carbocycles. The molecule has 20 rings (SSSR count). The lowest BCUT2D eigenvalue weighted by atomic mass is 9.97. The molecule has 0 bridgehead atoms. The molecule has 4 fully saturated rings. The summed E-state index contributed by atoms with van der Waals surface area (Å²) in [5.41, 5.74) is 16.6.